The number of aryl methyl sites for hydroxylation is 3. The number of benzene rings is 2. The van der Waals surface area contributed by atoms with Gasteiger partial charge in [0.05, 0.1) is 12.0 Å². The summed E-state index contributed by atoms with van der Waals surface area (Å²) < 4.78 is 0. The molecule has 1 nitrogen and oxygen atoms in total. The molecule has 1 atom stereocenters. The van der Waals surface area contributed by atoms with Crippen molar-refractivity contribution in [3.63, 3.8) is 0 Å². The second kappa shape index (κ2) is 5.71. The smallest absolute Gasteiger partial charge is 0.0753 e. The molecular formula is C18H19N. The summed E-state index contributed by atoms with van der Waals surface area (Å²) in [4.78, 5) is 0. The van der Waals surface area contributed by atoms with E-state index in [9.17, 15) is 5.26 Å². The van der Waals surface area contributed by atoms with Crippen LogP contribution in [0.1, 0.15) is 33.7 Å². The molecule has 0 aliphatic carbocycles. The van der Waals surface area contributed by atoms with Gasteiger partial charge >= 0.3 is 0 Å². The molecule has 0 bridgehead atoms. The van der Waals surface area contributed by atoms with Crippen LogP contribution in [-0.2, 0) is 6.42 Å². The van der Waals surface area contributed by atoms with Crippen molar-refractivity contribution in [2.75, 3.05) is 0 Å². The third kappa shape index (κ3) is 3.03. The average molecular weight is 249 g/mol. The zero-order valence-corrected chi connectivity index (χ0v) is 11.8. The average Bonchev–Trinajstić information content (AvgIpc) is 2.39. The topological polar surface area (TPSA) is 23.8 Å². The van der Waals surface area contributed by atoms with Crippen molar-refractivity contribution < 1.29 is 0 Å². The van der Waals surface area contributed by atoms with Gasteiger partial charge in [-0.25, -0.2) is 0 Å². The molecule has 0 fully saturated rings. The number of hydrogen-bond acceptors (Lipinski definition) is 1. The SMILES string of the molecule is Cc1cc(C)c(CC(C#N)c2ccccc2)c(C)c1. The third-order valence-electron chi connectivity index (χ3n) is 3.61. The van der Waals surface area contributed by atoms with E-state index >= 15 is 0 Å². The highest BCUT2D eigenvalue weighted by molar-refractivity contribution is 5.40. The molecule has 0 saturated carbocycles. The summed E-state index contributed by atoms with van der Waals surface area (Å²) in [6, 6.07) is 16.9. The molecule has 0 saturated heterocycles. The Morgan fingerprint density at radius 3 is 2.11 bits per heavy atom. The minimum absolute atomic E-state index is 0.0682. The molecule has 96 valence electrons. The molecule has 0 aliphatic heterocycles. The first kappa shape index (κ1) is 13.4. The Hall–Kier alpha value is -2.07. The minimum Gasteiger partial charge on any atom is -0.198 e. The summed E-state index contributed by atoms with van der Waals surface area (Å²) in [5.74, 6) is -0.0682. The van der Waals surface area contributed by atoms with Gasteiger partial charge in [0.2, 0.25) is 0 Å². The van der Waals surface area contributed by atoms with Crippen molar-refractivity contribution in [2.24, 2.45) is 0 Å². The Labute approximate surface area is 115 Å². The van der Waals surface area contributed by atoms with Crippen LogP contribution in [0.4, 0.5) is 0 Å². The van der Waals surface area contributed by atoms with Gasteiger partial charge in [-0.2, -0.15) is 5.26 Å². The maximum absolute atomic E-state index is 9.43. The molecule has 2 aromatic carbocycles. The fourth-order valence-corrected chi connectivity index (χ4v) is 2.66. The first-order valence-corrected chi connectivity index (χ1v) is 6.63. The highest BCUT2D eigenvalue weighted by Crippen LogP contribution is 2.25. The molecule has 19 heavy (non-hydrogen) atoms. The lowest BCUT2D eigenvalue weighted by Crippen LogP contribution is -2.04. The molecule has 0 aliphatic rings. The van der Waals surface area contributed by atoms with Crippen LogP contribution in [0.2, 0.25) is 0 Å². The largest absolute Gasteiger partial charge is 0.198 e. The summed E-state index contributed by atoms with van der Waals surface area (Å²) in [5.41, 5.74) is 6.26. The van der Waals surface area contributed by atoms with Gasteiger partial charge in [-0.3, -0.25) is 0 Å². The number of rotatable bonds is 3. The number of nitrogens with zero attached hydrogens (tertiary/aromatic N) is 1. The molecule has 0 heterocycles. The van der Waals surface area contributed by atoms with Crippen LogP contribution in [0.3, 0.4) is 0 Å². The molecule has 0 N–H and O–H groups in total. The highest BCUT2D eigenvalue weighted by atomic mass is 14.3. The first-order valence-electron chi connectivity index (χ1n) is 6.63. The minimum atomic E-state index is -0.0682. The Bertz CT molecular complexity index is 582. The van der Waals surface area contributed by atoms with Crippen LogP contribution in [0.15, 0.2) is 42.5 Å². The van der Waals surface area contributed by atoms with Crippen molar-refractivity contribution in [3.8, 4) is 6.07 Å². The number of hydrogen-bond donors (Lipinski definition) is 0. The summed E-state index contributed by atoms with van der Waals surface area (Å²) in [5, 5.41) is 9.43. The fraction of sp³-hybridized carbons (Fsp3) is 0.278. The second-order valence-electron chi connectivity index (χ2n) is 5.17. The predicted molar refractivity (Wildman–Crippen MR) is 79.2 cm³/mol. The van der Waals surface area contributed by atoms with Crippen LogP contribution in [0, 0.1) is 32.1 Å². The van der Waals surface area contributed by atoms with Gasteiger partial charge in [0.15, 0.2) is 0 Å². The summed E-state index contributed by atoms with van der Waals surface area (Å²) >= 11 is 0. The second-order valence-corrected chi connectivity index (χ2v) is 5.17. The van der Waals surface area contributed by atoms with Crippen LogP contribution >= 0.6 is 0 Å². The van der Waals surface area contributed by atoms with Crippen LogP contribution in [0.5, 0.6) is 0 Å². The van der Waals surface area contributed by atoms with Gasteiger partial charge in [-0.15, -0.1) is 0 Å². The monoisotopic (exact) mass is 249 g/mol. The quantitative estimate of drug-likeness (QED) is 0.787. The van der Waals surface area contributed by atoms with Crippen molar-refractivity contribution in [2.45, 2.75) is 33.1 Å². The molecule has 0 spiro atoms. The van der Waals surface area contributed by atoms with Crippen LogP contribution < -0.4 is 0 Å². The standard InChI is InChI=1S/C18H19N/c1-13-9-14(2)18(15(3)10-13)11-17(12-19)16-7-5-4-6-8-16/h4-10,17H,11H2,1-3H3. The molecule has 1 unspecified atom stereocenters. The van der Waals surface area contributed by atoms with E-state index in [1.54, 1.807) is 0 Å². The van der Waals surface area contributed by atoms with Crippen LogP contribution in [0.25, 0.3) is 0 Å². The van der Waals surface area contributed by atoms with Crippen molar-refractivity contribution >= 4 is 0 Å². The van der Waals surface area contributed by atoms with E-state index in [1.807, 2.05) is 30.3 Å². The van der Waals surface area contributed by atoms with E-state index in [4.69, 9.17) is 0 Å². The highest BCUT2D eigenvalue weighted by Gasteiger charge is 2.14. The maximum atomic E-state index is 9.43. The van der Waals surface area contributed by atoms with Gasteiger partial charge in [0.25, 0.3) is 0 Å². The maximum Gasteiger partial charge on any atom is 0.0753 e. The lowest BCUT2D eigenvalue weighted by atomic mass is 9.88. The van der Waals surface area contributed by atoms with Gasteiger partial charge in [0.1, 0.15) is 0 Å². The summed E-state index contributed by atoms with van der Waals surface area (Å²) in [6.07, 6.45) is 0.790. The molecule has 2 rings (SSSR count). The Morgan fingerprint density at radius 2 is 1.58 bits per heavy atom. The lowest BCUT2D eigenvalue weighted by molar-refractivity contribution is 0.836. The van der Waals surface area contributed by atoms with Gasteiger partial charge in [0, 0.05) is 0 Å². The Kier molecular flexibility index (Phi) is 4.02. The molecule has 2 aromatic rings. The molecule has 0 radical (unpaired) electrons. The normalized spacial score (nSPS) is 11.9. The molecule has 0 amide bonds. The summed E-state index contributed by atoms with van der Waals surface area (Å²) in [6.45, 7) is 6.38. The fourth-order valence-electron chi connectivity index (χ4n) is 2.66. The van der Waals surface area contributed by atoms with Gasteiger partial charge in [-0.1, -0.05) is 48.0 Å². The molecule has 0 aromatic heterocycles. The van der Waals surface area contributed by atoms with Crippen LogP contribution in [-0.4, -0.2) is 0 Å². The van der Waals surface area contributed by atoms with Gasteiger partial charge in [-0.05, 0) is 49.4 Å². The van der Waals surface area contributed by atoms with E-state index < -0.39 is 0 Å². The van der Waals surface area contributed by atoms with E-state index in [2.05, 4.69) is 39.0 Å². The Balaban J connectivity index is 2.33. The van der Waals surface area contributed by atoms with Crippen molar-refractivity contribution in [3.05, 3.63) is 70.3 Å². The van der Waals surface area contributed by atoms with E-state index in [-0.39, 0.29) is 5.92 Å². The third-order valence-corrected chi connectivity index (χ3v) is 3.61. The van der Waals surface area contributed by atoms with E-state index in [0.717, 1.165) is 12.0 Å². The molecule has 1 heteroatoms. The number of nitriles is 1. The van der Waals surface area contributed by atoms with E-state index in [1.165, 1.54) is 22.3 Å². The van der Waals surface area contributed by atoms with E-state index in [0.29, 0.717) is 0 Å². The first-order chi connectivity index (χ1) is 9.11. The molecular weight excluding hydrogens is 230 g/mol. The van der Waals surface area contributed by atoms with Crippen molar-refractivity contribution in [1.82, 2.24) is 0 Å². The lowest BCUT2D eigenvalue weighted by Gasteiger charge is -2.15. The Morgan fingerprint density at radius 1 is 1.00 bits per heavy atom. The predicted octanol–water partition coefficient (Wildman–Crippen LogP) is 4.46. The summed E-state index contributed by atoms with van der Waals surface area (Å²) in [7, 11) is 0. The zero-order valence-electron chi connectivity index (χ0n) is 11.8. The van der Waals surface area contributed by atoms with Gasteiger partial charge < -0.3 is 0 Å². The van der Waals surface area contributed by atoms with Crippen molar-refractivity contribution in [1.29, 1.82) is 5.26 Å². The zero-order chi connectivity index (χ0) is 13.8.